The fourth-order valence-corrected chi connectivity index (χ4v) is 4.51. The summed E-state index contributed by atoms with van der Waals surface area (Å²) >= 11 is 0. The van der Waals surface area contributed by atoms with E-state index in [9.17, 15) is 18.0 Å². The summed E-state index contributed by atoms with van der Waals surface area (Å²) in [5.74, 6) is -2.87. The first-order valence-corrected chi connectivity index (χ1v) is 10.3. The van der Waals surface area contributed by atoms with Crippen molar-refractivity contribution in [3.63, 3.8) is 0 Å². The standard InChI is InChI=1S/C18H22N2O6S/c1-18(2)25-16(21)15(17(22)26-18)11-19-14-7-5-13(6-8-14)12-27(23,24)20-9-3-4-10-20/h5-8,11,19H,3-4,9-10,12H2,1-2H3. The third kappa shape index (κ3) is 4.67. The number of carbonyl (C=O) groups is 2. The van der Waals surface area contributed by atoms with Gasteiger partial charge in [0.1, 0.15) is 0 Å². The first-order chi connectivity index (χ1) is 12.7. The summed E-state index contributed by atoms with van der Waals surface area (Å²) in [5.41, 5.74) is 1.02. The van der Waals surface area contributed by atoms with E-state index in [1.807, 2.05) is 0 Å². The third-order valence-electron chi connectivity index (χ3n) is 4.26. The van der Waals surface area contributed by atoms with E-state index in [1.54, 1.807) is 24.3 Å². The quantitative estimate of drug-likeness (QED) is 0.461. The van der Waals surface area contributed by atoms with E-state index in [0.29, 0.717) is 24.3 Å². The average molecular weight is 394 g/mol. The molecule has 0 saturated carbocycles. The van der Waals surface area contributed by atoms with Crippen LogP contribution in [0.1, 0.15) is 32.3 Å². The molecule has 0 radical (unpaired) electrons. The molecule has 0 aliphatic carbocycles. The first kappa shape index (κ1) is 19.4. The number of ether oxygens (including phenoxy) is 2. The molecule has 2 aliphatic heterocycles. The maximum atomic E-state index is 12.3. The Morgan fingerprint density at radius 2 is 1.63 bits per heavy atom. The van der Waals surface area contributed by atoms with E-state index in [2.05, 4.69) is 5.32 Å². The second-order valence-corrected chi connectivity index (χ2v) is 8.91. The number of rotatable bonds is 5. The molecule has 0 bridgehead atoms. The highest BCUT2D eigenvalue weighted by Gasteiger charge is 2.38. The lowest BCUT2D eigenvalue weighted by atomic mass is 10.2. The van der Waals surface area contributed by atoms with Gasteiger partial charge in [-0.2, -0.15) is 0 Å². The maximum absolute atomic E-state index is 12.3. The number of cyclic esters (lactones) is 2. The van der Waals surface area contributed by atoms with E-state index in [1.165, 1.54) is 24.4 Å². The van der Waals surface area contributed by atoms with Gasteiger partial charge in [0, 0.05) is 38.8 Å². The van der Waals surface area contributed by atoms with Gasteiger partial charge in [-0.3, -0.25) is 0 Å². The van der Waals surface area contributed by atoms with Crippen LogP contribution in [0.2, 0.25) is 0 Å². The molecule has 0 amide bonds. The number of carbonyl (C=O) groups excluding carboxylic acids is 2. The summed E-state index contributed by atoms with van der Waals surface area (Å²) in [6, 6.07) is 6.73. The Hall–Kier alpha value is -2.39. The van der Waals surface area contributed by atoms with Crippen molar-refractivity contribution in [3.8, 4) is 0 Å². The Labute approximate surface area is 158 Å². The molecule has 2 heterocycles. The Morgan fingerprint density at radius 1 is 1.07 bits per heavy atom. The van der Waals surface area contributed by atoms with Gasteiger partial charge in [0.15, 0.2) is 5.57 Å². The van der Waals surface area contributed by atoms with Gasteiger partial charge in [-0.05, 0) is 30.5 Å². The van der Waals surface area contributed by atoms with Crippen LogP contribution in [0.3, 0.4) is 0 Å². The number of hydrogen-bond donors (Lipinski definition) is 1. The minimum atomic E-state index is -3.30. The summed E-state index contributed by atoms with van der Waals surface area (Å²) in [6.45, 7) is 4.11. The van der Waals surface area contributed by atoms with Gasteiger partial charge in [-0.15, -0.1) is 0 Å². The fraction of sp³-hybridized carbons (Fsp3) is 0.444. The molecular weight excluding hydrogens is 372 g/mol. The molecule has 1 aromatic rings. The molecule has 0 aromatic heterocycles. The second kappa shape index (κ2) is 7.32. The minimum Gasteiger partial charge on any atom is -0.419 e. The Bertz CT molecular complexity index is 846. The van der Waals surface area contributed by atoms with Crippen molar-refractivity contribution in [2.24, 2.45) is 0 Å². The molecule has 1 aromatic carbocycles. The lowest BCUT2D eigenvalue weighted by Gasteiger charge is -2.29. The Kier molecular flexibility index (Phi) is 5.25. The number of hydrogen-bond acceptors (Lipinski definition) is 7. The van der Waals surface area contributed by atoms with Crippen molar-refractivity contribution < 1.29 is 27.5 Å². The van der Waals surface area contributed by atoms with Crippen LogP contribution in [0.5, 0.6) is 0 Å². The lowest BCUT2D eigenvalue weighted by Crippen LogP contribution is -2.42. The number of esters is 2. The number of nitrogens with one attached hydrogen (secondary N) is 1. The predicted molar refractivity (Wildman–Crippen MR) is 97.8 cm³/mol. The van der Waals surface area contributed by atoms with Crippen molar-refractivity contribution in [2.75, 3.05) is 18.4 Å². The first-order valence-electron chi connectivity index (χ1n) is 8.66. The highest BCUT2D eigenvalue weighted by Crippen LogP contribution is 2.23. The molecule has 0 unspecified atom stereocenters. The summed E-state index contributed by atoms with van der Waals surface area (Å²) in [5, 5.41) is 2.82. The van der Waals surface area contributed by atoms with Gasteiger partial charge in [-0.25, -0.2) is 22.3 Å². The molecule has 0 spiro atoms. The molecule has 146 valence electrons. The smallest absolute Gasteiger partial charge is 0.350 e. The van der Waals surface area contributed by atoms with Crippen molar-refractivity contribution in [1.82, 2.24) is 4.31 Å². The normalized spacial score (nSPS) is 20.1. The van der Waals surface area contributed by atoms with Gasteiger partial charge in [0.2, 0.25) is 10.0 Å². The van der Waals surface area contributed by atoms with E-state index in [-0.39, 0.29) is 11.3 Å². The molecule has 27 heavy (non-hydrogen) atoms. The molecule has 3 rings (SSSR count). The molecule has 0 atom stereocenters. The van der Waals surface area contributed by atoms with Crippen LogP contribution in [0.4, 0.5) is 5.69 Å². The van der Waals surface area contributed by atoms with Crippen LogP contribution in [0, 0.1) is 0 Å². The maximum Gasteiger partial charge on any atom is 0.350 e. The Morgan fingerprint density at radius 3 is 2.19 bits per heavy atom. The molecule has 8 nitrogen and oxygen atoms in total. The number of anilines is 1. The SMILES string of the molecule is CC1(C)OC(=O)C(=CNc2ccc(CS(=O)(=O)N3CCCC3)cc2)C(=O)O1. The van der Waals surface area contributed by atoms with Crippen LogP contribution in [-0.4, -0.2) is 43.5 Å². The molecule has 2 saturated heterocycles. The van der Waals surface area contributed by atoms with Gasteiger partial charge < -0.3 is 14.8 Å². The molecule has 2 fully saturated rings. The van der Waals surface area contributed by atoms with Crippen LogP contribution in [-0.2, 0) is 34.8 Å². The minimum absolute atomic E-state index is 0.0535. The summed E-state index contributed by atoms with van der Waals surface area (Å²) in [6.07, 6.45) is 3.02. The topological polar surface area (TPSA) is 102 Å². The highest BCUT2D eigenvalue weighted by molar-refractivity contribution is 7.88. The zero-order chi connectivity index (χ0) is 19.7. The monoisotopic (exact) mass is 394 g/mol. The zero-order valence-electron chi connectivity index (χ0n) is 15.2. The molecule has 9 heteroatoms. The summed E-state index contributed by atoms with van der Waals surface area (Å²) < 4.78 is 36.2. The molecular formula is C18H22N2O6S. The van der Waals surface area contributed by atoms with Gasteiger partial charge in [0.05, 0.1) is 5.75 Å². The van der Waals surface area contributed by atoms with Crippen LogP contribution in [0.25, 0.3) is 0 Å². The van der Waals surface area contributed by atoms with E-state index < -0.39 is 27.7 Å². The largest absolute Gasteiger partial charge is 0.419 e. The van der Waals surface area contributed by atoms with Crippen molar-refractivity contribution >= 4 is 27.6 Å². The van der Waals surface area contributed by atoms with Crippen molar-refractivity contribution in [2.45, 2.75) is 38.2 Å². The van der Waals surface area contributed by atoms with Crippen LogP contribution >= 0.6 is 0 Å². The number of sulfonamides is 1. The third-order valence-corrected chi connectivity index (χ3v) is 6.11. The summed E-state index contributed by atoms with van der Waals surface area (Å²) in [7, 11) is -3.30. The van der Waals surface area contributed by atoms with E-state index in [0.717, 1.165) is 12.8 Å². The Balaban J connectivity index is 1.64. The van der Waals surface area contributed by atoms with E-state index in [4.69, 9.17) is 9.47 Å². The highest BCUT2D eigenvalue weighted by atomic mass is 32.2. The average Bonchev–Trinajstić information content (AvgIpc) is 3.09. The van der Waals surface area contributed by atoms with Gasteiger partial charge in [0.25, 0.3) is 5.79 Å². The predicted octanol–water partition coefficient (Wildman–Crippen LogP) is 1.74. The zero-order valence-corrected chi connectivity index (χ0v) is 16.0. The summed E-state index contributed by atoms with van der Waals surface area (Å²) in [4.78, 5) is 23.8. The van der Waals surface area contributed by atoms with E-state index >= 15 is 0 Å². The molecule has 1 N–H and O–H groups in total. The number of benzene rings is 1. The van der Waals surface area contributed by atoms with Crippen molar-refractivity contribution in [1.29, 1.82) is 0 Å². The van der Waals surface area contributed by atoms with Gasteiger partial charge >= 0.3 is 11.9 Å². The van der Waals surface area contributed by atoms with Gasteiger partial charge in [-0.1, -0.05) is 12.1 Å². The van der Waals surface area contributed by atoms with Crippen LogP contribution < -0.4 is 5.32 Å². The lowest BCUT2D eigenvalue weighted by molar-refractivity contribution is -0.222. The van der Waals surface area contributed by atoms with Crippen LogP contribution in [0.15, 0.2) is 36.0 Å². The fourth-order valence-electron chi connectivity index (χ4n) is 2.90. The molecule has 2 aliphatic rings. The van der Waals surface area contributed by atoms with Crippen molar-refractivity contribution in [3.05, 3.63) is 41.6 Å². The second-order valence-electron chi connectivity index (χ2n) is 6.94. The number of nitrogens with zero attached hydrogens (tertiary/aromatic N) is 1.